The van der Waals surface area contributed by atoms with Crippen LogP contribution in [0.15, 0.2) is 36.7 Å². The fourth-order valence-corrected chi connectivity index (χ4v) is 1.73. The SMILES string of the molecule is COc1ccc(C(C)Nc2cc(C)ncn2)cc1. The lowest BCUT2D eigenvalue weighted by atomic mass is 10.1. The number of aryl methyl sites for hydroxylation is 1. The molecule has 1 heterocycles. The van der Waals surface area contributed by atoms with Crippen LogP contribution in [0.25, 0.3) is 0 Å². The van der Waals surface area contributed by atoms with Crippen LogP contribution in [0, 0.1) is 6.92 Å². The number of anilines is 1. The van der Waals surface area contributed by atoms with Crippen molar-refractivity contribution in [2.75, 3.05) is 12.4 Å². The molecule has 0 bridgehead atoms. The molecule has 0 aliphatic rings. The Kier molecular flexibility index (Phi) is 3.77. The Morgan fingerprint density at radius 2 is 1.89 bits per heavy atom. The normalized spacial score (nSPS) is 11.9. The second kappa shape index (κ2) is 5.49. The summed E-state index contributed by atoms with van der Waals surface area (Å²) in [5.74, 6) is 1.70. The lowest BCUT2D eigenvalue weighted by molar-refractivity contribution is 0.414. The van der Waals surface area contributed by atoms with Gasteiger partial charge in [-0.05, 0) is 31.5 Å². The lowest BCUT2D eigenvalue weighted by Crippen LogP contribution is -2.08. The molecule has 18 heavy (non-hydrogen) atoms. The number of methoxy groups -OCH3 is 1. The van der Waals surface area contributed by atoms with Crippen molar-refractivity contribution >= 4 is 5.82 Å². The summed E-state index contributed by atoms with van der Waals surface area (Å²) in [6, 6.07) is 10.1. The summed E-state index contributed by atoms with van der Waals surface area (Å²) in [7, 11) is 1.67. The quantitative estimate of drug-likeness (QED) is 0.896. The zero-order valence-corrected chi connectivity index (χ0v) is 10.8. The molecule has 2 aromatic rings. The van der Waals surface area contributed by atoms with Crippen molar-refractivity contribution < 1.29 is 4.74 Å². The summed E-state index contributed by atoms with van der Waals surface area (Å²) in [6.07, 6.45) is 1.57. The third kappa shape index (κ3) is 2.97. The zero-order chi connectivity index (χ0) is 13.0. The summed E-state index contributed by atoms with van der Waals surface area (Å²) < 4.78 is 5.14. The molecular formula is C14H17N3O. The lowest BCUT2D eigenvalue weighted by Gasteiger charge is -2.15. The van der Waals surface area contributed by atoms with Gasteiger partial charge in [0.25, 0.3) is 0 Å². The van der Waals surface area contributed by atoms with Crippen LogP contribution in [0.1, 0.15) is 24.2 Å². The van der Waals surface area contributed by atoms with Crippen LogP contribution in [0.2, 0.25) is 0 Å². The second-order valence-corrected chi connectivity index (χ2v) is 4.18. The van der Waals surface area contributed by atoms with E-state index in [0.717, 1.165) is 17.3 Å². The molecule has 1 aromatic heterocycles. The molecule has 4 heteroatoms. The largest absolute Gasteiger partial charge is 0.497 e. The van der Waals surface area contributed by atoms with Crippen LogP contribution >= 0.6 is 0 Å². The second-order valence-electron chi connectivity index (χ2n) is 4.18. The molecule has 0 saturated carbocycles. The average molecular weight is 243 g/mol. The predicted molar refractivity (Wildman–Crippen MR) is 71.8 cm³/mol. The van der Waals surface area contributed by atoms with Crippen molar-refractivity contribution in [2.24, 2.45) is 0 Å². The van der Waals surface area contributed by atoms with Crippen LogP contribution in [0.3, 0.4) is 0 Å². The third-order valence-electron chi connectivity index (χ3n) is 2.78. The number of ether oxygens (including phenoxy) is 1. The summed E-state index contributed by atoms with van der Waals surface area (Å²) >= 11 is 0. The van der Waals surface area contributed by atoms with E-state index in [4.69, 9.17) is 4.74 Å². The third-order valence-corrected chi connectivity index (χ3v) is 2.78. The topological polar surface area (TPSA) is 47.0 Å². The summed E-state index contributed by atoms with van der Waals surface area (Å²) in [5, 5.41) is 3.34. The van der Waals surface area contributed by atoms with Crippen molar-refractivity contribution in [1.82, 2.24) is 9.97 Å². The number of hydrogen-bond donors (Lipinski definition) is 1. The molecule has 4 nitrogen and oxygen atoms in total. The number of nitrogens with one attached hydrogen (secondary N) is 1. The van der Waals surface area contributed by atoms with Gasteiger partial charge < -0.3 is 10.1 Å². The first-order chi connectivity index (χ1) is 8.69. The zero-order valence-electron chi connectivity index (χ0n) is 10.8. The van der Waals surface area contributed by atoms with Gasteiger partial charge in [-0.3, -0.25) is 0 Å². The van der Waals surface area contributed by atoms with Gasteiger partial charge in [0.2, 0.25) is 0 Å². The number of nitrogens with zero attached hydrogens (tertiary/aromatic N) is 2. The predicted octanol–water partition coefficient (Wildman–Crippen LogP) is 2.97. The fourth-order valence-electron chi connectivity index (χ4n) is 1.73. The Balaban J connectivity index is 2.09. The highest BCUT2D eigenvalue weighted by Crippen LogP contribution is 2.20. The molecule has 0 aliphatic heterocycles. The van der Waals surface area contributed by atoms with E-state index < -0.39 is 0 Å². The summed E-state index contributed by atoms with van der Waals surface area (Å²) in [5.41, 5.74) is 2.14. The Morgan fingerprint density at radius 3 is 2.50 bits per heavy atom. The molecule has 1 N–H and O–H groups in total. The monoisotopic (exact) mass is 243 g/mol. The molecule has 0 saturated heterocycles. The van der Waals surface area contributed by atoms with Crippen molar-refractivity contribution in [3.63, 3.8) is 0 Å². The first-order valence-electron chi connectivity index (χ1n) is 5.88. The summed E-state index contributed by atoms with van der Waals surface area (Å²) in [6.45, 7) is 4.05. The van der Waals surface area contributed by atoms with Gasteiger partial charge in [0.15, 0.2) is 0 Å². The van der Waals surface area contributed by atoms with E-state index in [1.165, 1.54) is 5.56 Å². The average Bonchev–Trinajstić information content (AvgIpc) is 2.39. The number of aromatic nitrogens is 2. The standard InChI is InChI=1S/C14H17N3O/c1-10-8-14(16-9-15-10)17-11(2)12-4-6-13(18-3)7-5-12/h4-9,11H,1-3H3,(H,15,16,17). The number of benzene rings is 1. The summed E-state index contributed by atoms with van der Waals surface area (Å²) in [4.78, 5) is 8.27. The highest BCUT2D eigenvalue weighted by atomic mass is 16.5. The first kappa shape index (κ1) is 12.4. The van der Waals surface area contributed by atoms with E-state index in [1.54, 1.807) is 13.4 Å². The molecule has 0 radical (unpaired) electrons. The van der Waals surface area contributed by atoms with E-state index in [9.17, 15) is 0 Å². The molecule has 0 spiro atoms. The molecule has 1 atom stereocenters. The van der Waals surface area contributed by atoms with Crippen molar-refractivity contribution in [1.29, 1.82) is 0 Å². The molecular weight excluding hydrogens is 226 g/mol. The molecule has 1 aromatic carbocycles. The van der Waals surface area contributed by atoms with Gasteiger partial charge in [0, 0.05) is 17.8 Å². The first-order valence-corrected chi connectivity index (χ1v) is 5.88. The van der Waals surface area contributed by atoms with Crippen LogP contribution in [0.5, 0.6) is 5.75 Å². The van der Waals surface area contributed by atoms with Crippen LogP contribution in [-0.4, -0.2) is 17.1 Å². The smallest absolute Gasteiger partial charge is 0.130 e. The van der Waals surface area contributed by atoms with Crippen LogP contribution in [0.4, 0.5) is 5.82 Å². The van der Waals surface area contributed by atoms with Crippen molar-refractivity contribution in [3.05, 3.63) is 47.9 Å². The van der Waals surface area contributed by atoms with Crippen LogP contribution < -0.4 is 10.1 Å². The minimum absolute atomic E-state index is 0.185. The van der Waals surface area contributed by atoms with Crippen molar-refractivity contribution in [3.8, 4) is 5.75 Å². The van der Waals surface area contributed by atoms with Gasteiger partial charge in [0.05, 0.1) is 7.11 Å². The van der Waals surface area contributed by atoms with Gasteiger partial charge in [0.1, 0.15) is 17.9 Å². The Bertz CT molecular complexity index is 511. The number of hydrogen-bond acceptors (Lipinski definition) is 4. The Labute approximate surface area is 107 Å². The van der Waals surface area contributed by atoms with Gasteiger partial charge in [-0.2, -0.15) is 0 Å². The van der Waals surface area contributed by atoms with Crippen molar-refractivity contribution in [2.45, 2.75) is 19.9 Å². The number of rotatable bonds is 4. The minimum atomic E-state index is 0.185. The minimum Gasteiger partial charge on any atom is -0.497 e. The molecule has 0 aliphatic carbocycles. The van der Waals surface area contributed by atoms with Gasteiger partial charge in [-0.15, -0.1) is 0 Å². The highest BCUT2D eigenvalue weighted by Gasteiger charge is 2.06. The highest BCUT2D eigenvalue weighted by molar-refractivity contribution is 5.39. The molecule has 0 fully saturated rings. The van der Waals surface area contributed by atoms with Gasteiger partial charge in [-0.25, -0.2) is 9.97 Å². The maximum Gasteiger partial charge on any atom is 0.130 e. The van der Waals surface area contributed by atoms with Gasteiger partial charge >= 0.3 is 0 Å². The Morgan fingerprint density at radius 1 is 1.17 bits per heavy atom. The maximum absolute atomic E-state index is 5.14. The molecule has 94 valence electrons. The van der Waals surface area contributed by atoms with E-state index in [2.05, 4.69) is 22.2 Å². The Hall–Kier alpha value is -2.10. The van der Waals surface area contributed by atoms with Gasteiger partial charge in [-0.1, -0.05) is 12.1 Å². The van der Waals surface area contributed by atoms with E-state index in [-0.39, 0.29) is 6.04 Å². The van der Waals surface area contributed by atoms with E-state index >= 15 is 0 Å². The van der Waals surface area contributed by atoms with E-state index in [0.29, 0.717) is 0 Å². The molecule has 0 amide bonds. The maximum atomic E-state index is 5.14. The fraction of sp³-hybridized carbons (Fsp3) is 0.286. The van der Waals surface area contributed by atoms with E-state index in [1.807, 2.05) is 37.3 Å². The van der Waals surface area contributed by atoms with Crippen LogP contribution in [-0.2, 0) is 0 Å². The molecule has 1 unspecified atom stereocenters. The molecule has 2 rings (SSSR count).